The molecule has 1 amide bonds. The molecule has 0 aliphatic heterocycles. The van der Waals surface area contributed by atoms with Gasteiger partial charge in [0.15, 0.2) is 0 Å². The molecule has 2 heterocycles. The third-order valence-corrected chi connectivity index (χ3v) is 4.15. The van der Waals surface area contributed by atoms with E-state index in [1.165, 1.54) is 0 Å². The van der Waals surface area contributed by atoms with Crippen LogP contribution in [0.15, 0.2) is 53.3 Å². The SMILES string of the molecule is O=C(CCc1nc2ccccc2[nH]c1=O)NCc1nc2ccccc2[nH]1. The summed E-state index contributed by atoms with van der Waals surface area (Å²) in [6, 6.07) is 15.0. The number of hydrogen-bond donors (Lipinski definition) is 3. The minimum absolute atomic E-state index is 0.153. The van der Waals surface area contributed by atoms with E-state index in [1.807, 2.05) is 42.5 Å². The maximum atomic E-state index is 12.1. The number of H-pyrrole nitrogens is 2. The highest BCUT2D eigenvalue weighted by atomic mass is 16.1. The van der Waals surface area contributed by atoms with Crippen molar-refractivity contribution in [1.29, 1.82) is 0 Å². The van der Waals surface area contributed by atoms with Gasteiger partial charge in [0, 0.05) is 12.8 Å². The Balaban J connectivity index is 1.38. The maximum absolute atomic E-state index is 12.1. The molecule has 0 atom stereocenters. The first-order valence-corrected chi connectivity index (χ1v) is 8.37. The average molecular weight is 347 g/mol. The van der Waals surface area contributed by atoms with E-state index in [0.29, 0.717) is 29.1 Å². The van der Waals surface area contributed by atoms with E-state index in [1.54, 1.807) is 6.07 Å². The fourth-order valence-corrected chi connectivity index (χ4v) is 2.83. The summed E-state index contributed by atoms with van der Waals surface area (Å²) in [7, 11) is 0. The highest BCUT2D eigenvalue weighted by Crippen LogP contribution is 2.10. The zero-order valence-corrected chi connectivity index (χ0v) is 14.0. The van der Waals surface area contributed by atoms with Gasteiger partial charge in [-0.2, -0.15) is 0 Å². The van der Waals surface area contributed by atoms with Crippen LogP contribution in [0, 0.1) is 0 Å². The van der Waals surface area contributed by atoms with Gasteiger partial charge in [0.2, 0.25) is 5.91 Å². The first kappa shape index (κ1) is 16.0. The standard InChI is InChI=1S/C19H17N5O2/c25-18(20-11-17-22-13-6-2-3-7-14(13)23-17)10-9-16-19(26)24-15-8-4-1-5-12(15)21-16/h1-8H,9-11H2,(H,20,25)(H,22,23)(H,24,26). The molecule has 0 fully saturated rings. The first-order chi connectivity index (χ1) is 12.7. The van der Waals surface area contributed by atoms with E-state index < -0.39 is 0 Å². The summed E-state index contributed by atoms with van der Waals surface area (Å²) < 4.78 is 0. The van der Waals surface area contributed by atoms with Crippen LogP contribution < -0.4 is 10.9 Å². The van der Waals surface area contributed by atoms with Crippen molar-refractivity contribution in [2.45, 2.75) is 19.4 Å². The molecule has 4 aromatic rings. The molecule has 26 heavy (non-hydrogen) atoms. The number of nitrogens with zero attached hydrogens (tertiary/aromatic N) is 2. The number of hydrogen-bond acceptors (Lipinski definition) is 4. The van der Waals surface area contributed by atoms with Gasteiger partial charge in [-0.1, -0.05) is 24.3 Å². The van der Waals surface area contributed by atoms with Crippen molar-refractivity contribution in [2.24, 2.45) is 0 Å². The Morgan fingerprint density at radius 1 is 0.923 bits per heavy atom. The predicted molar refractivity (Wildman–Crippen MR) is 98.6 cm³/mol. The van der Waals surface area contributed by atoms with Crippen LogP contribution in [0.5, 0.6) is 0 Å². The number of carbonyl (C=O) groups is 1. The molecule has 2 aromatic carbocycles. The molecule has 3 N–H and O–H groups in total. The van der Waals surface area contributed by atoms with Crippen LogP contribution >= 0.6 is 0 Å². The second-order valence-electron chi connectivity index (χ2n) is 6.01. The summed E-state index contributed by atoms with van der Waals surface area (Å²) in [6.07, 6.45) is 0.473. The molecule has 2 aromatic heterocycles. The van der Waals surface area contributed by atoms with Gasteiger partial charge in [-0.15, -0.1) is 0 Å². The van der Waals surface area contributed by atoms with Crippen LogP contribution in [0.4, 0.5) is 0 Å². The number of benzene rings is 2. The van der Waals surface area contributed by atoms with E-state index in [0.717, 1.165) is 11.0 Å². The second kappa shape index (κ2) is 6.79. The summed E-state index contributed by atoms with van der Waals surface area (Å²) in [5.41, 5.74) is 3.31. The zero-order chi connectivity index (χ0) is 17.9. The molecular weight excluding hydrogens is 330 g/mol. The van der Waals surface area contributed by atoms with Gasteiger partial charge in [0.1, 0.15) is 11.5 Å². The Hall–Kier alpha value is -3.48. The normalized spacial score (nSPS) is 11.1. The van der Waals surface area contributed by atoms with Gasteiger partial charge in [0.25, 0.3) is 5.56 Å². The third kappa shape index (κ3) is 3.32. The van der Waals surface area contributed by atoms with Gasteiger partial charge in [0.05, 0.1) is 28.6 Å². The largest absolute Gasteiger partial charge is 0.349 e. The summed E-state index contributed by atoms with van der Waals surface area (Å²) >= 11 is 0. The monoisotopic (exact) mass is 347 g/mol. The number of nitrogens with one attached hydrogen (secondary N) is 3. The smallest absolute Gasteiger partial charge is 0.270 e. The van der Waals surface area contributed by atoms with Crippen LogP contribution in [-0.2, 0) is 17.8 Å². The molecular formula is C19H17N5O2. The number of rotatable bonds is 5. The summed E-state index contributed by atoms with van der Waals surface area (Å²) in [5, 5.41) is 2.81. The molecule has 0 radical (unpaired) electrons. The van der Waals surface area contributed by atoms with Crippen molar-refractivity contribution < 1.29 is 4.79 Å². The highest BCUT2D eigenvalue weighted by molar-refractivity contribution is 5.77. The Bertz CT molecular complexity index is 1110. The Morgan fingerprint density at radius 3 is 2.31 bits per heavy atom. The Labute approximate surface area is 148 Å². The van der Waals surface area contributed by atoms with Gasteiger partial charge in [-0.3, -0.25) is 9.59 Å². The van der Waals surface area contributed by atoms with Crippen LogP contribution in [0.2, 0.25) is 0 Å². The fraction of sp³-hybridized carbons (Fsp3) is 0.158. The van der Waals surface area contributed by atoms with Crippen LogP contribution in [0.25, 0.3) is 22.1 Å². The molecule has 0 aliphatic rings. The van der Waals surface area contributed by atoms with E-state index in [4.69, 9.17) is 0 Å². The number of amides is 1. The highest BCUT2D eigenvalue weighted by Gasteiger charge is 2.09. The molecule has 0 saturated heterocycles. The van der Waals surface area contributed by atoms with Crippen molar-refractivity contribution >= 4 is 28.0 Å². The predicted octanol–water partition coefficient (Wildman–Crippen LogP) is 2.05. The molecule has 130 valence electrons. The number of imidazole rings is 1. The number of para-hydroxylation sites is 4. The summed E-state index contributed by atoms with van der Waals surface area (Å²) in [4.78, 5) is 38.9. The molecule has 0 bridgehead atoms. The number of carbonyl (C=O) groups excluding carboxylic acids is 1. The summed E-state index contributed by atoms with van der Waals surface area (Å²) in [6.45, 7) is 0.315. The molecule has 0 spiro atoms. The van der Waals surface area contributed by atoms with Crippen LogP contribution in [0.3, 0.4) is 0 Å². The first-order valence-electron chi connectivity index (χ1n) is 8.37. The lowest BCUT2D eigenvalue weighted by Crippen LogP contribution is -2.25. The number of aromatic nitrogens is 4. The van der Waals surface area contributed by atoms with Crippen molar-refractivity contribution in [3.63, 3.8) is 0 Å². The average Bonchev–Trinajstić information content (AvgIpc) is 3.07. The third-order valence-electron chi connectivity index (χ3n) is 4.15. The van der Waals surface area contributed by atoms with E-state index >= 15 is 0 Å². The van der Waals surface area contributed by atoms with Gasteiger partial charge >= 0.3 is 0 Å². The topological polar surface area (TPSA) is 104 Å². The van der Waals surface area contributed by atoms with Gasteiger partial charge in [-0.25, -0.2) is 9.97 Å². The molecule has 7 nitrogen and oxygen atoms in total. The Kier molecular flexibility index (Phi) is 4.18. The molecule has 0 unspecified atom stereocenters. The molecule has 7 heteroatoms. The number of aryl methyl sites for hydroxylation is 1. The molecule has 4 rings (SSSR count). The summed E-state index contributed by atoms with van der Waals surface area (Å²) in [5.74, 6) is 0.543. The van der Waals surface area contributed by atoms with Gasteiger partial charge < -0.3 is 15.3 Å². The van der Waals surface area contributed by atoms with E-state index in [9.17, 15) is 9.59 Å². The lowest BCUT2D eigenvalue weighted by atomic mass is 10.2. The lowest BCUT2D eigenvalue weighted by Gasteiger charge is -2.04. The van der Waals surface area contributed by atoms with Crippen molar-refractivity contribution in [3.05, 3.63) is 70.4 Å². The maximum Gasteiger partial charge on any atom is 0.270 e. The van der Waals surface area contributed by atoms with Crippen molar-refractivity contribution in [1.82, 2.24) is 25.3 Å². The van der Waals surface area contributed by atoms with Gasteiger partial charge in [-0.05, 0) is 24.3 Å². The minimum atomic E-state index is -0.256. The quantitative estimate of drug-likeness (QED) is 0.514. The van der Waals surface area contributed by atoms with Crippen molar-refractivity contribution in [2.75, 3.05) is 0 Å². The molecule has 0 saturated carbocycles. The van der Waals surface area contributed by atoms with Crippen LogP contribution in [0.1, 0.15) is 17.9 Å². The van der Waals surface area contributed by atoms with Crippen molar-refractivity contribution in [3.8, 4) is 0 Å². The Morgan fingerprint density at radius 2 is 1.58 bits per heavy atom. The minimum Gasteiger partial charge on any atom is -0.349 e. The number of aromatic amines is 2. The second-order valence-corrected chi connectivity index (χ2v) is 6.01. The molecule has 0 aliphatic carbocycles. The lowest BCUT2D eigenvalue weighted by molar-refractivity contribution is -0.121. The van der Waals surface area contributed by atoms with Crippen LogP contribution in [-0.4, -0.2) is 25.8 Å². The van der Waals surface area contributed by atoms with E-state index in [2.05, 4.69) is 25.3 Å². The zero-order valence-electron chi connectivity index (χ0n) is 14.0. The van der Waals surface area contributed by atoms with E-state index in [-0.39, 0.29) is 24.3 Å². The fourth-order valence-electron chi connectivity index (χ4n) is 2.83. The number of fused-ring (bicyclic) bond motifs is 2.